The van der Waals surface area contributed by atoms with Gasteiger partial charge in [-0.05, 0) is 13.8 Å². The summed E-state index contributed by atoms with van der Waals surface area (Å²) in [4.78, 5) is 11.0. The molecular weight excluding hydrogens is 226 g/mol. The van der Waals surface area contributed by atoms with Crippen molar-refractivity contribution < 1.29 is 4.74 Å². The van der Waals surface area contributed by atoms with E-state index in [1.54, 1.807) is 0 Å². The molecule has 5 heteroatoms. The van der Waals surface area contributed by atoms with Crippen LogP contribution in [0.3, 0.4) is 0 Å². The highest BCUT2D eigenvalue weighted by Gasteiger charge is 2.15. The Hall–Kier alpha value is -0.870. The van der Waals surface area contributed by atoms with Crippen LogP contribution < -0.4 is 4.90 Å². The van der Waals surface area contributed by atoms with Gasteiger partial charge >= 0.3 is 0 Å². The fourth-order valence-corrected chi connectivity index (χ4v) is 1.98. The highest BCUT2D eigenvalue weighted by Crippen LogP contribution is 2.22. The van der Waals surface area contributed by atoms with Gasteiger partial charge in [0.05, 0.1) is 18.6 Å². The highest BCUT2D eigenvalue weighted by molar-refractivity contribution is 6.20. The fourth-order valence-electron chi connectivity index (χ4n) is 1.77. The number of anilines is 1. The van der Waals surface area contributed by atoms with Gasteiger partial charge in [0.1, 0.15) is 0 Å². The molecule has 16 heavy (non-hydrogen) atoms. The minimum Gasteiger partial charge on any atom is -0.378 e. The van der Waals surface area contributed by atoms with Crippen molar-refractivity contribution in [3.63, 3.8) is 0 Å². The second-order valence-electron chi connectivity index (χ2n) is 3.93. The van der Waals surface area contributed by atoms with Gasteiger partial charge in [-0.25, -0.2) is 9.97 Å². The number of morpholine rings is 1. The van der Waals surface area contributed by atoms with Crippen LogP contribution in [0, 0.1) is 6.92 Å². The van der Waals surface area contributed by atoms with Gasteiger partial charge in [-0.1, -0.05) is 0 Å². The molecule has 0 saturated carbocycles. The fraction of sp³-hybridized carbons (Fsp3) is 0.636. The van der Waals surface area contributed by atoms with Gasteiger partial charge in [0.15, 0.2) is 0 Å². The summed E-state index contributed by atoms with van der Waals surface area (Å²) < 4.78 is 5.30. The third-order valence-corrected chi connectivity index (χ3v) is 2.96. The molecule has 1 atom stereocenters. The average molecular weight is 242 g/mol. The summed E-state index contributed by atoms with van der Waals surface area (Å²) in [6.07, 6.45) is 1.82. The van der Waals surface area contributed by atoms with Crippen LogP contribution in [-0.2, 0) is 4.74 Å². The van der Waals surface area contributed by atoms with Crippen LogP contribution in [0.4, 0.5) is 5.95 Å². The van der Waals surface area contributed by atoms with E-state index >= 15 is 0 Å². The number of hydrogen-bond acceptors (Lipinski definition) is 4. The summed E-state index contributed by atoms with van der Waals surface area (Å²) >= 11 is 6.03. The summed E-state index contributed by atoms with van der Waals surface area (Å²) in [6, 6.07) is 0. The third kappa shape index (κ3) is 2.44. The van der Waals surface area contributed by atoms with Crippen molar-refractivity contribution in [1.29, 1.82) is 0 Å². The Balaban J connectivity index is 2.19. The van der Waals surface area contributed by atoms with E-state index in [0.717, 1.165) is 43.5 Å². The molecule has 88 valence electrons. The van der Waals surface area contributed by atoms with E-state index < -0.39 is 0 Å². The number of nitrogens with zero attached hydrogens (tertiary/aromatic N) is 3. The van der Waals surface area contributed by atoms with Crippen LogP contribution in [0.5, 0.6) is 0 Å². The molecule has 0 radical (unpaired) electrons. The quantitative estimate of drug-likeness (QED) is 0.742. The Bertz CT molecular complexity index is 364. The first-order valence-corrected chi connectivity index (χ1v) is 5.92. The maximum Gasteiger partial charge on any atom is 0.225 e. The zero-order valence-electron chi connectivity index (χ0n) is 9.61. The van der Waals surface area contributed by atoms with E-state index in [0.29, 0.717) is 0 Å². The van der Waals surface area contributed by atoms with Gasteiger partial charge < -0.3 is 9.64 Å². The van der Waals surface area contributed by atoms with Crippen LogP contribution in [0.2, 0.25) is 0 Å². The number of aryl methyl sites for hydroxylation is 1. The molecule has 0 amide bonds. The summed E-state index contributed by atoms with van der Waals surface area (Å²) in [5.41, 5.74) is 1.96. The first kappa shape index (κ1) is 11.6. The second kappa shape index (κ2) is 4.97. The molecule has 1 unspecified atom stereocenters. The Morgan fingerprint density at radius 1 is 1.44 bits per heavy atom. The molecule has 0 N–H and O–H groups in total. The Morgan fingerprint density at radius 2 is 2.12 bits per heavy atom. The summed E-state index contributed by atoms with van der Waals surface area (Å²) in [6.45, 7) is 7.11. The maximum atomic E-state index is 6.03. The van der Waals surface area contributed by atoms with Gasteiger partial charge in [0, 0.05) is 30.5 Å². The first-order chi connectivity index (χ1) is 7.68. The number of rotatable bonds is 2. The summed E-state index contributed by atoms with van der Waals surface area (Å²) in [5, 5.41) is -0.0428. The largest absolute Gasteiger partial charge is 0.378 e. The predicted molar refractivity (Wildman–Crippen MR) is 64.1 cm³/mol. The summed E-state index contributed by atoms with van der Waals surface area (Å²) in [5.74, 6) is 0.780. The number of ether oxygens (including phenoxy) is 1. The first-order valence-electron chi connectivity index (χ1n) is 5.49. The predicted octanol–water partition coefficient (Wildman–Crippen LogP) is 1.92. The topological polar surface area (TPSA) is 38.2 Å². The monoisotopic (exact) mass is 241 g/mol. The van der Waals surface area contributed by atoms with Crippen LogP contribution in [0.25, 0.3) is 0 Å². The highest BCUT2D eigenvalue weighted by atomic mass is 35.5. The van der Waals surface area contributed by atoms with Crippen molar-refractivity contribution in [2.75, 3.05) is 31.2 Å². The van der Waals surface area contributed by atoms with Crippen LogP contribution in [0.15, 0.2) is 6.20 Å². The minimum absolute atomic E-state index is 0.0428. The van der Waals surface area contributed by atoms with Gasteiger partial charge in [-0.15, -0.1) is 11.6 Å². The molecular formula is C11H16ClN3O. The van der Waals surface area contributed by atoms with Gasteiger partial charge in [0.2, 0.25) is 5.95 Å². The molecule has 1 aromatic heterocycles. The van der Waals surface area contributed by atoms with Gasteiger partial charge in [-0.3, -0.25) is 0 Å². The van der Waals surface area contributed by atoms with Crippen LogP contribution in [0.1, 0.15) is 23.6 Å². The van der Waals surface area contributed by atoms with Crippen molar-refractivity contribution in [3.8, 4) is 0 Å². The van der Waals surface area contributed by atoms with Crippen molar-refractivity contribution in [3.05, 3.63) is 17.5 Å². The molecule has 2 heterocycles. The molecule has 0 spiro atoms. The molecule has 2 rings (SSSR count). The lowest BCUT2D eigenvalue weighted by Crippen LogP contribution is -2.37. The van der Waals surface area contributed by atoms with Crippen molar-refractivity contribution >= 4 is 17.5 Å². The van der Waals surface area contributed by atoms with E-state index in [1.165, 1.54) is 0 Å². The Kier molecular flexibility index (Phi) is 3.61. The maximum absolute atomic E-state index is 6.03. The number of aromatic nitrogens is 2. The number of hydrogen-bond donors (Lipinski definition) is 0. The number of halogens is 1. The van der Waals surface area contributed by atoms with Gasteiger partial charge in [-0.2, -0.15) is 0 Å². The van der Waals surface area contributed by atoms with Crippen molar-refractivity contribution in [2.24, 2.45) is 0 Å². The van der Waals surface area contributed by atoms with E-state index in [-0.39, 0.29) is 5.38 Å². The normalized spacial score (nSPS) is 18.6. The molecule has 4 nitrogen and oxygen atoms in total. The molecule has 1 aromatic rings. The second-order valence-corrected chi connectivity index (χ2v) is 4.58. The van der Waals surface area contributed by atoms with E-state index in [4.69, 9.17) is 16.3 Å². The zero-order valence-corrected chi connectivity index (χ0v) is 10.4. The molecule has 0 aliphatic carbocycles. The van der Waals surface area contributed by atoms with Crippen molar-refractivity contribution in [2.45, 2.75) is 19.2 Å². The Labute approximate surface area is 101 Å². The number of alkyl halides is 1. The van der Waals surface area contributed by atoms with Crippen molar-refractivity contribution in [1.82, 2.24) is 9.97 Å². The molecule has 1 saturated heterocycles. The molecule has 1 aliphatic rings. The lowest BCUT2D eigenvalue weighted by molar-refractivity contribution is 0.122. The lowest BCUT2D eigenvalue weighted by Gasteiger charge is -2.27. The molecule has 0 bridgehead atoms. The van der Waals surface area contributed by atoms with Crippen LogP contribution in [-0.4, -0.2) is 36.3 Å². The molecule has 1 aliphatic heterocycles. The van der Waals surface area contributed by atoms with E-state index in [2.05, 4.69) is 14.9 Å². The standard InChI is InChI=1S/C11H16ClN3O/c1-8(12)10-7-13-11(14-9(10)2)15-3-5-16-6-4-15/h7-8H,3-6H2,1-2H3. The SMILES string of the molecule is Cc1nc(N2CCOCC2)ncc1C(C)Cl. The lowest BCUT2D eigenvalue weighted by atomic mass is 10.2. The van der Waals surface area contributed by atoms with Crippen LogP contribution >= 0.6 is 11.6 Å². The smallest absolute Gasteiger partial charge is 0.225 e. The average Bonchev–Trinajstić information content (AvgIpc) is 2.29. The summed E-state index contributed by atoms with van der Waals surface area (Å²) in [7, 11) is 0. The minimum atomic E-state index is -0.0428. The Morgan fingerprint density at radius 3 is 2.69 bits per heavy atom. The van der Waals surface area contributed by atoms with Gasteiger partial charge in [0.25, 0.3) is 0 Å². The zero-order chi connectivity index (χ0) is 11.5. The third-order valence-electron chi connectivity index (χ3n) is 2.73. The molecule has 1 fully saturated rings. The van der Waals surface area contributed by atoms with E-state index in [9.17, 15) is 0 Å². The van der Waals surface area contributed by atoms with E-state index in [1.807, 2.05) is 20.0 Å². The molecule has 0 aromatic carbocycles.